The minimum absolute atomic E-state index is 0.282. The predicted molar refractivity (Wildman–Crippen MR) is 97.3 cm³/mol. The van der Waals surface area contributed by atoms with E-state index in [0.717, 1.165) is 27.3 Å². The van der Waals surface area contributed by atoms with Crippen LogP contribution in [-0.4, -0.2) is 11.0 Å². The van der Waals surface area contributed by atoms with Crippen molar-refractivity contribution < 1.29 is 9.53 Å². The van der Waals surface area contributed by atoms with Crippen LogP contribution in [0.3, 0.4) is 0 Å². The highest BCUT2D eigenvalue weighted by atomic mass is 32.1. The molecule has 24 heavy (non-hydrogen) atoms. The highest BCUT2D eigenvalue weighted by Gasteiger charge is 2.17. The van der Waals surface area contributed by atoms with Crippen molar-refractivity contribution in [2.75, 3.05) is 0 Å². The molecule has 0 fully saturated rings. The fraction of sp³-hybridized carbons (Fsp3) is 0.200. The summed E-state index contributed by atoms with van der Waals surface area (Å²) >= 11 is 1.38. The van der Waals surface area contributed by atoms with Gasteiger partial charge in [-0.3, -0.25) is 0 Å². The Kier molecular flexibility index (Phi) is 4.76. The number of rotatable bonds is 4. The van der Waals surface area contributed by atoms with E-state index in [-0.39, 0.29) is 12.6 Å². The third-order valence-electron chi connectivity index (χ3n) is 3.87. The Morgan fingerprint density at radius 2 is 1.83 bits per heavy atom. The summed E-state index contributed by atoms with van der Waals surface area (Å²) in [6.45, 7) is 6.18. The van der Waals surface area contributed by atoms with Crippen LogP contribution in [0.5, 0.6) is 0 Å². The van der Waals surface area contributed by atoms with Gasteiger partial charge < -0.3 is 4.74 Å². The maximum atomic E-state index is 12.4. The molecule has 0 radical (unpaired) electrons. The first-order valence-corrected chi connectivity index (χ1v) is 8.62. The normalized spacial score (nSPS) is 10.6. The van der Waals surface area contributed by atoms with Crippen LogP contribution in [0.2, 0.25) is 0 Å². The summed E-state index contributed by atoms with van der Waals surface area (Å²) in [7, 11) is 0. The second kappa shape index (κ2) is 6.97. The maximum Gasteiger partial charge on any atom is 0.350 e. The van der Waals surface area contributed by atoms with Gasteiger partial charge in [-0.15, -0.1) is 11.3 Å². The van der Waals surface area contributed by atoms with Gasteiger partial charge in [0.05, 0.1) is 5.69 Å². The van der Waals surface area contributed by atoms with Crippen LogP contribution < -0.4 is 0 Å². The van der Waals surface area contributed by atoms with Crippen molar-refractivity contribution in [3.8, 4) is 10.6 Å². The average Bonchev–Trinajstić information content (AvgIpc) is 2.98. The molecular weight excluding hydrogens is 318 g/mol. The topological polar surface area (TPSA) is 39.2 Å². The molecule has 3 nitrogen and oxygen atoms in total. The van der Waals surface area contributed by atoms with Gasteiger partial charge in [0.1, 0.15) is 16.5 Å². The van der Waals surface area contributed by atoms with Crippen LogP contribution in [0.25, 0.3) is 10.6 Å². The molecule has 1 aromatic heterocycles. The Balaban J connectivity index is 1.76. The molecular formula is C20H19NO2S. The summed E-state index contributed by atoms with van der Waals surface area (Å²) in [4.78, 5) is 17.5. The highest BCUT2D eigenvalue weighted by Crippen LogP contribution is 2.28. The van der Waals surface area contributed by atoms with Crippen LogP contribution >= 0.6 is 11.3 Å². The minimum Gasteiger partial charge on any atom is -0.457 e. The molecule has 0 bridgehead atoms. The largest absolute Gasteiger partial charge is 0.457 e. The van der Waals surface area contributed by atoms with Gasteiger partial charge in [-0.1, -0.05) is 54.1 Å². The number of hydrogen-bond donors (Lipinski definition) is 0. The number of carbonyl (C=O) groups excluding carboxylic acids is 1. The molecule has 0 aliphatic heterocycles. The van der Waals surface area contributed by atoms with E-state index in [4.69, 9.17) is 4.74 Å². The number of hydrogen-bond acceptors (Lipinski definition) is 4. The quantitative estimate of drug-likeness (QED) is 0.622. The van der Waals surface area contributed by atoms with Crippen molar-refractivity contribution in [3.63, 3.8) is 0 Å². The number of aryl methyl sites for hydroxylation is 3. The van der Waals surface area contributed by atoms with E-state index >= 15 is 0 Å². The van der Waals surface area contributed by atoms with Crippen molar-refractivity contribution >= 4 is 17.3 Å². The van der Waals surface area contributed by atoms with E-state index in [2.05, 4.69) is 17.1 Å². The zero-order valence-corrected chi connectivity index (χ0v) is 14.8. The van der Waals surface area contributed by atoms with Gasteiger partial charge in [-0.25, -0.2) is 9.78 Å². The van der Waals surface area contributed by atoms with Gasteiger partial charge in [-0.2, -0.15) is 0 Å². The average molecular weight is 337 g/mol. The molecule has 0 N–H and O–H groups in total. The number of ether oxygens (including phenoxy) is 1. The molecule has 0 saturated heterocycles. The van der Waals surface area contributed by atoms with Crippen molar-refractivity contribution in [2.24, 2.45) is 0 Å². The third-order valence-corrected chi connectivity index (χ3v) is 5.05. The second-order valence-electron chi connectivity index (χ2n) is 5.81. The van der Waals surface area contributed by atoms with Gasteiger partial charge >= 0.3 is 5.97 Å². The van der Waals surface area contributed by atoms with Gasteiger partial charge in [0.2, 0.25) is 0 Å². The molecule has 2 aromatic carbocycles. The molecule has 3 aromatic rings. The Bertz CT molecular complexity index is 869. The van der Waals surface area contributed by atoms with E-state index in [9.17, 15) is 4.79 Å². The molecule has 0 unspecified atom stereocenters. The zero-order valence-electron chi connectivity index (χ0n) is 14.0. The fourth-order valence-electron chi connectivity index (χ4n) is 2.45. The lowest BCUT2D eigenvalue weighted by Gasteiger charge is -2.08. The molecule has 1 heterocycles. The molecule has 0 atom stereocenters. The summed E-state index contributed by atoms with van der Waals surface area (Å²) in [5.74, 6) is -0.312. The van der Waals surface area contributed by atoms with Crippen LogP contribution in [-0.2, 0) is 11.3 Å². The standard InChI is InChI=1S/C20H19NO2S/c1-13-9-10-14(2)17(11-13)12-23-20(22)18-15(3)21-19(24-18)16-7-5-4-6-8-16/h4-11H,12H2,1-3H3. The van der Waals surface area contributed by atoms with Crippen LogP contribution in [0.4, 0.5) is 0 Å². The number of benzene rings is 2. The van der Waals surface area contributed by atoms with Gasteiger partial charge in [-0.05, 0) is 31.9 Å². The van der Waals surface area contributed by atoms with Crippen molar-refractivity contribution in [2.45, 2.75) is 27.4 Å². The van der Waals surface area contributed by atoms with Crippen LogP contribution in [0.1, 0.15) is 32.1 Å². The molecule has 122 valence electrons. The summed E-state index contributed by atoms with van der Waals surface area (Å²) in [6, 6.07) is 16.0. The Morgan fingerprint density at radius 1 is 1.08 bits per heavy atom. The summed E-state index contributed by atoms with van der Waals surface area (Å²) in [5.41, 5.74) is 5.05. The van der Waals surface area contributed by atoms with E-state index in [1.807, 2.05) is 57.2 Å². The van der Waals surface area contributed by atoms with Crippen molar-refractivity contribution in [1.29, 1.82) is 0 Å². The molecule has 0 aliphatic carbocycles. The Morgan fingerprint density at radius 3 is 2.58 bits per heavy atom. The number of esters is 1. The first-order chi connectivity index (χ1) is 11.5. The SMILES string of the molecule is Cc1ccc(C)c(COC(=O)c2sc(-c3ccccc3)nc2C)c1. The maximum absolute atomic E-state index is 12.4. The summed E-state index contributed by atoms with van der Waals surface area (Å²) in [6.07, 6.45) is 0. The lowest BCUT2D eigenvalue weighted by molar-refractivity contribution is 0.0477. The zero-order chi connectivity index (χ0) is 17.1. The van der Waals surface area contributed by atoms with E-state index in [0.29, 0.717) is 10.6 Å². The molecule has 0 amide bonds. The number of aromatic nitrogens is 1. The van der Waals surface area contributed by atoms with E-state index in [1.54, 1.807) is 0 Å². The van der Waals surface area contributed by atoms with Crippen molar-refractivity contribution in [1.82, 2.24) is 4.98 Å². The smallest absolute Gasteiger partial charge is 0.350 e. The fourth-order valence-corrected chi connectivity index (χ4v) is 3.42. The lowest BCUT2D eigenvalue weighted by atomic mass is 10.1. The minimum atomic E-state index is -0.312. The second-order valence-corrected chi connectivity index (χ2v) is 6.80. The molecule has 0 spiro atoms. The lowest BCUT2D eigenvalue weighted by Crippen LogP contribution is -2.06. The molecule has 3 rings (SSSR count). The number of nitrogens with zero attached hydrogens (tertiary/aromatic N) is 1. The number of carbonyl (C=O) groups is 1. The monoisotopic (exact) mass is 337 g/mol. The Hall–Kier alpha value is -2.46. The third kappa shape index (κ3) is 3.54. The molecule has 0 saturated carbocycles. The predicted octanol–water partition coefficient (Wildman–Crippen LogP) is 5.09. The van der Waals surface area contributed by atoms with Gasteiger partial charge in [0.25, 0.3) is 0 Å². The summed E-state index contributed by atoms with van der Waals surface area (Å²) in [5, 5.41) is 0.840. The summed E-state index contributed by atoms with van der Waals surface area (Å²) < 4.78 is 5.51. The van der Waals surface area contributed by atoms with Gasteiger partial charge in [0.15, 0.2) is 0 Å². The highest BCUT2D eigenvalue weighted by molar-refractivity contribution is 7.17. The van der Waals surface area contributed by atoms with Gasteiger partial charge in [0, 0.05) is 5.56 Å². The first-order valence-electron chi connectivity index (χ1n) is 7.80. The van der Waals surface area contributed by atoms with E-state index < -0.39 is 0 Å². The molecule has 4 heteroatoms. The first kappa shape index (κ1) is 16.4. The molecule has 0 aliphatic rings. The van der Waals surface area contributed by atoms with Crippen LogP contribution in [0.15, 0.2) is 48.5 Å². The van der Waals surface area contributed by atoms with E-state index in [1.165, 1.54) is 11.3 Å². The number of thiazole rings is 1. The van der Waals surface area contributed by atoms with Crippen molar-refractivity contribution in [3.05, 3.63) is 75.8 Å². The van der Waals surface area contributed by atoms with Crippen LogP contribution in [0, 0.1) is 20.8 Å². The Labute approximate surface area is 146 Å².